The third kappa shape index (κ3) is 5.38. The summed E-state index contributed by atoms with van der Waals surface area (Å²) in [4.78, 5) is 2.42. The number of hydrogen-bond donors (Lipinski definition) is 1. The maximum Gasteiger partial charge on any atom is 0.240 e. The SMILES string of the molecule is CCN(c1cccc(C)c1)[C@@H](CNS(=O)(=O)c1ccc(Cl)cc1)c1ccccc1. The van der Waals surface area contributed by atoms with Crippen LogP contribution < -0.4 is 9.62 Å². The van der Waals surface area contributed by atoms with Crippen molar-refractivity contribution in [1.29, 1.82) is 0 Å². The van der Waals surface area contributed by atoms with Crippen LogP contribution in [0.3, 0.4) is 0 Å². The molecule has 0 bridgehead atoms. The fraction of sp³-hybridized carbons (Fsp3) is 0.217. The van der Waals surface area contributed by atoms with Gasteiger partial charge in [0.15, 0.2) is 0 Å². The summed E-state index contributed by atoms with van der Waals surface area (Å²) in [6.45, 7) is 5.12. The number of rotatable bonds is 8. The van der Waals surface area contributed by atoms with Crippen molar-refractivity contribution >= 4 is 27.3 Å². The topological polar surface area (TPSA) is 49.4 Å². The Kier molecular flexibility index (Phi) is 6.96. The number of nitrogens with zero attached hydrogens (tertiary/aromatic N) is 1. The molecule has 0 heterocycles. The minimum atomic E-state index is -3.65. The second-order valence-electron chi connectivity index (χ2n) is 6.86. The average Bonchev–Trinajstić information content (AvgIpc) is 2.72. The average molecular weight is 429 g/mol. The van der Waals surface area contributed by atoms with Gasteiger partial charge in [0.25, 0.3) is 0 Å². The summed E-state index contributed by atoms with van der Waals surface area (Å²) in [5, 5.41) is 0.503. The van der Waals surface area contributed by atoms with Crippen molar-refractivity contribution in [2.75, 3.05) is 18.0 Å². The molecular formula is C23H25ClN2O2S. The predicted octanol–water partition coefficient (Wildman–Crippen LogP) is 5.19. The van der Waals surface area contributed by atoms with Crippen LogP contribution in [0, 0.1) is 6.92 Å². The highest BCUT2D eigenvalue weighted by Crippen LogP contribution is 2.28. The molecule has 0 unspecified atom stereocenters. The molecule has 4 nitrogen and oxygen atoms in total. The van der Waals surface area contributed by atoms with Gasteiger partial charge in [0.05, 0.1) is 10.9 Å². The second-order valence-corrected chi connectivity index (χ2v) is 9.06. The number of sulfonamides is 1. The van der Waals surface area contributed by atoms with Crippen LogP contribution in [0.2, 0.25) is 5.02 Å². The van der Waals surface area contributed by atoms with E-state index >= 15 is 0 Å². The fourth-order valence-electron chi connectivity index (χ4n) is 3.36. The maximum atomic E-state index is 12.8. The van der Waals surface area contributed by atoms with Gasteiger partial charge in [-0.05, 0) is 61.4 Å². The van der Waals surface area contributed by atoms with Crippen LogP contribution >= 0.6 is 11.6 Å². The highest BCUT2D eigenvalue weighted by molar-refractivity contribution is 7.89. The van der Waals surface area contributed by atoms with E-state index in [0.717, 1.165) is 23.4 Å². The molecular weight excluding hydrogens is 404 g/mol. The zero-order chi connectivity index (χ0) is 20.9. The van der Waals surface area contributed by atoms with Crippen molar-refractivity contribution in [2.45, 2.75) is 24.8 Å². The molecule has 3 rings (SSSR count). The first-order valence-corrected chi connectivity index (χ1v) is 11.4. The van der Waals surface area contributed by atoms with Crippen LogP contribution in [0.15, 0.2) is 83.8 Å². The van der Waals surface area contributed by atoms with Gasteiger partial charge >= 0.3 is 0 Å². The van der Waals surface area contributed by atoms with Gasteiger partial charge in [-0.25, -0.2) is 13.1 Å². The van der Waals surface area contributed by atoms with Gasteiger partial charge < -0.3 is 4.90 Å². The molecule has 3 aromatic carbocycles. The van der Waals surface area contributed by atoms with E-state index in [9.17, 15) is 8.42 Å². The number of halogens is 1. The van der Waals surface area contributed by atoms with E-state index in [-0.39, 0.29) is 17.5 Å². The monoisotopic (exact) mass is 428 g/mol. The van der Waals surface area contributed by atoms with E-state index in [0.29, 0.717) is 5.02 Å². The molecule has 29 heavy (non-hydrogen) atoms. The van der Waals surface area contributed by atoms with E-state index in [1.807, 2.05) is 36.4 Å². The largest absolute Gasteiger partial charge is 0.363 e. The molecule has 0 radical (unpaired) electrons. The lowest BCUT2D eigenvalue weighted by molar-refractivity contribution is 0.561. The van der Waals surface area contributed by atoms with E-state index in [1.54, 1.807) is 12.1 Å². The Balaban J connectivity index is 1.91. The van der Waals surface area contributed by atoms with Gasteiger partial charge in [0, 0.05) is 23.8 Å². The van der Waals surface area contributed by atoms with Crippen LogP contribution in [0.1, 0.15) is 24.1 Å². The number of benzene rings is 3. The molecule has 6 heteroatoms. The first kappa shape index (κ1) is 21.4. The molecule has 152 valence electrons. The molecule has 1 atom stereocenters. The lowest BCUT2D eigenvalue weighted by atomic mass is 10.0. The van der Waals surface area contributed by atoms with Gasteiger partial charge in [-0.2, -0.15) is 0 Å². The Bertz CT molecular complexity index is 1040. The summed E-state index contributed by atoms with van der Waals surface area (Å²) in [5.74, 6) is 0. The number of hydrogen-bond acceptors (Lipinski definition) is 3. The molecule has 0 spiro atoms. The van der Waals surface area contributed by atoms with Gasteiger partial charge in [-0.1, -0.05) is 54.1 Å². The molecule has 0 amide bonds. The van der Waals surface area contributed by atoms with Crippen molar-refractivity contribution in [3.8, 4) is 0 Å². The number of likely N-dealkylation sites (N-methyl/N-ethyl adjacent to an activating group) is 1. The molecule has 0 aromatic heterocycles. The molecule has 3 aromatic rings. The van der Waals surface area contributed by atoms with Crippen molar-refractivity contribution in [3.05, 3.63) is 95.0 Å². The van der Waals surface area contributed by atoms with Crippen molar-refractivity contribution in [1.82, 2.24) is 4.72 Å². The first-order valence-electron chi connectivity index (χ1n) is 9.54. The summed E-state index contributed by atoms with van der Waals surface area (Å²) in [5.41, 5.74) is 3.27. The predicted molar refractivity (Wildman–Crippen MR) is 120 cm³/mol. The lowest BCUT2D eigenvalue weighted by Crippen LogP contribution is -2.38. The minimum Gasteiger partial charge on any atom is -0.363 e. The standard InChI is InChI=1S/C23H25ClN2O2S/c1-3-26(21-11-7-8-18(2)16-21)23(19-9-5-4-6-10-19)17-25-29(27,28)22-14-12-20(24)13-15-22/h4-16,23,25H,3,17H2,1-2H3/t23-/m0/s1. The van der Waals surface area contributed by atoms with E-state index < -0.39 is 10.0 Å². The summed E-state index contributed by atoms with van der Waals surface area (Å²) in [6.07, 6.45) is 0. The summed E-state index contributed by atoms with van der Waals surface area (Å²) >= 11 is 5.89. The molecule has 0 aliphatic carbocycles. The van der Waals surface area contributed by atoms with Gasteiger partial charge in [0.1, 0.15) is 0 Å². The third-order valence-electron chi connectivity index (χ3n) is 4.83. The molecule has 0 saturated carbocycles. The normalized spacial score (nSPS) is 12.5. The van der Waals surface area contributed by atoms with Crippen LogP contribution in [0.25, 0.3) is 0 Å². The van der Waals surface area contributed by atoms with Crippen LogP contribution in [0.4, 0.5) is 5.69 Å². The van der Waals surface area contributed by atoms with Crippen molar-refractivity contribution < 1.29 is 8.42 Å². The Morgan fingerprint density at radius 1 is 0.966 bits per heavy atom. The Morgan fingerprint density at radius 3 is 2.28 bits per heavy atom. The number of aryl methyl sites for hydroxylation is 1. The molecule has 0 fully saturated rings. The lowest BCUT2D eigenvalue weighted by Gasteiger charge is -2.33. The summed E-state index contributed by atoms with van der Waals surface area (Å²) in [7, 11) is -3.65. The molecule has 0 saturated heterocycles. The zero-order valence-corrected chi connectivity index (χ0v) is 18.1. The smallest absolute Gasteiger partial charge is 0.240 e. The Morgan fingerprint density at radius 2 is 1.66 bits per heavy atom. The highest BCUT2D eigenvalue weighted by atomic mass is 35.5. The quantitative estimate of drug-likeness (QED) is 0.536. The third-order valence-corrected chi connectivity index (χ3v) is 6.52. The van der Waals surface area contributed by atoms with E-state index in [4.69, 9.17) is 11.6 Å². The Hall–Kier alpha value is -2.34. The van der Waals surface area contributed by atoms with Gasteiger partial charge in [-0.15, -0.1) is 0 Å². The zero-order valence-electron chi connectivity index (χ0n) is 16.5. The molecule has 0 aliphatic rings. The number of anilines is 1. The van der Waals surface area contributed by atoms with Crippen LogP contribution in [-0.4, -0.2) is 21.5 Å². The van der Waals surface area contributed by atoms with Gasteiger partial charge in [0.2, 0.25) is 10.0 Å². The highest BCUT2D eigenvalue weighted by Gasteiger charge is 2.23. The first-order chi connectivity index (χ1) is 13.9. The van der Waals surface area contributed by atoms with E-state index in [1.165, 1.54) is 12.1 Å². The van der Waals surface area contributed by atoms with Crippen LogP contribution in [0.5, 0.6) is 0 Å². The summed E-state index contributed by atoms with van der Waals surface area (Å²) in [6, 6.07) is 24.2. The maximum absolute atomic E-state index is 12.8. The Labute approximate surface area is 178 Å². The van der Waals surface area contributed by atoms with Gasteiger partial charge in [-0.3, -0.25) is 0 Å². The van der Waals surface area contributed by atoms with Crippen molar-refractivity contribution in [2.24, 2.45) is 0 Å². The second kappa shape index (κ2) is 9.44. The fourth-order valence-corrected chi connectivity index (χ4v) is 4.52. The summed E-state index contributed by atoms with van der Waals surface area (Å²) < 4.78 is 28.4. The van der Waals surface area contributed by atoms with E-state index in [2.05, 4.69) is 41.7 Å². The van der Waals surface area contributed by atoms with Crippen LogP contribution in [-0.2, 0) is 10.0 Å². The number of nitrogens with one attached hydrogen (secondary N) is 1. The van der Waals surface area contributed by atoms with Crippen molar-refractivity contribution in [3.63, 3.8) is 0 Å². The molecule has 0 aliphatic heterocycles. The molecule has 1 N–H and O–H groups in total. The minimum absolute atomic E-state index is 0.148.